The number of hydrogen-bond donors (Lipinski definition) is 1. The van der Waals surface area contributed by atoms with Crippen LogP contribution in [0.1, 0.15) is 31.2 Å². The van der Waals surface area contributed by atoms with E-state index in [4.69, 9.17) is 4.52 Å². The summed E-state index contributed by atoms with van der Waals surface area (Å²) in [4.78, 5) is 20.4. The van der Waals surface area contributed by atoms with Crippen LogP contribution in [0.4, 0.5) is 10.5 Å². The molecule has 7 heteroatoms. The Morgan fingerprint density at radius 1 is 1.14 bits per heavy atom. The maximum atomic E-state index is 12.9. The molecule has 0 bridgehead atoms. The van der Waals surface area contributed by atoms with Crippen LogP contribution in [-0.2, 0) is 0 Å². The first-order chi connectivity index (χ1) is 13.7. The van der Waals surface area contributed by atoms with Crippen molar-refractivity contribution in [1.82, 2.24) is 15.0 Å². The molecule has 0 spiro atoms. The second kappa shape index (κ2) is 8.48. The topological polar surface area (TPSA) is 71.3 Å². The third kappa shape index (κ3) is 4.04. The second-order valence-corrected chi connectivity index (χ2v) is 7.57. The SMILES string of the molecule is CSc1ccc(NC(=O)N2CCCC[C@@H]2c2nc(-c3ccccc3)no2)cc1. The third-order valence-corrected chi connectivity index (χ3v) is 5.61. The van der Waals surface area contributed by atoms with Gasteiger partial charge in [-0.2, -0.15) is 4.98 Å². The van der Waals surface area contributed by atoms with E-state index in [9.17, 15) is 4.79 Å². The zero-order chi connectivity index (χ0) is 19.3. The van der Waals surface area contributed by atoms with Gasteiger partial charge in [-0.3, -0.25) is 0 Å². The Kier molecular flexibility index (Phi) is 5.62. The van der Waals surface area contributed by atoms with E-state index in [1.165, 1.54) is 0 Å². The highest BCUT2D eigenvalue weighted by atomic mass is 32.2. The van der Waals surface area contributed by atoms with Crippen molar-refractivity contribution in [2.75, 3.05) is 18.1 Å². The smallest absolute Gasteiger partial charge is 0.322 e. The molecule has 0 radical (unpaired) electrons. The van der Waals surface area contributed by atoms with Crippen LogP contribution in [0.2, 0.25) is 0 Å². The number of rotatable bonds is 4. The Labute approximate surface area is 168 Å². The van der Waals surface area contributed by atoms with E-state index in [0.717, 1.165) is 35.4 Å². The molecule has 4 rings (SSSR count). The van der Waals surface area contributed by atoms with Crippen molar-refractivity contribution >= 4 is 23.5 Å². The lowest BCUT2D eigenvalue weighted by molar-refractivity contribution is 0.142. The fourth-order valence-corrected chi connectivity index (χ4v) is 3.78. The maximum Gasteiger partial charge on any atom is 0.322 e. The standard InChI is InChI=1S/C21H22N4O2S/c1-28-17-12-10-16(11-13-17)22-21(26)25-14-6-5-9-18(25)20-23-19(24-27-20)15-7-3-2-4-8-15/h2-4,7-8,10-13,18H,5-6,9,14H2,1H3,(H,22,26)/t18-/m1/s1. The minimum atomic E-state index is -0.204. The van der Waals surface area contributed by atoms with Gasteiger partial charge in [-0.05, 0) is 49.8 Å². The first-order valence-electron chi connectivity index (χ1n) is 9.35. The normalized spacial score (nSPS) is 16.8. The van der Waals surface area contributed by atoms with Gasteiger partial charge in [0.15, 0.2) is 0 Å². The van der Waals surface area contributed by atoms with E-state index in [1.54, 1.807) is 16.7 Å². The molecule has 144 valence electrons. The number of likely N-dealkylation sites (tertiary alicyclic amines) is 1. The van der Waals surface area contributed by atoms with Gasteiger partial charge in [0.1, 0.15) is 6.04 Å². The van der Waals surface area contributed by atoms with Gasteiger partial charge >= 0.3 is 6.03 Å². The largest absolute Gasteiger partial charge is 0.337 e. The lowest BCUT2D eigenvalue weighted by Gasteiger charge is -2.33. The van der Waals surface area contributed by atoms with Gasteiger partial charge in [0, 0.05) is 22.7 Å². The number of hydrogen-bond acceptors (Lipinski definition) is 5. The average Bonchev–Trinajstić information content (AvgIpc) is 3.25. The van der Waals surface area contributed by atoms with Crippen LogP contribution in [0.3, 0.4) is 0 Å². The van der Waals surface area contributed by atoms with Gasteiger partial charge in [-0.1, -0.05) is 35.5 Å². The van der Waals surface area contributed by atoms with Gasteiger partial charge in [-0.25, -0.2) is 4.79 Å². The molecule has 1 fully saturated rings. The highest BCUT2D eigenvalue weighted by molar-refractivity contribution is 7.98. The fraction of sp³-hybridized carbons (Fsp3) is 0.286. The zero-order valence-corrected chi connectivity index (χ0v) is 16.5. The van der Waals surface area contributed by atoms with Crippen LogP contribution in [-0.4, -0.2) is 33.9 Å². The van der Waals surface area contributed by atoms with Gasteiger partial charge in [0.25, 0.3) is 0 Å². The lowest BCUT2D eigenvalue weighted by atomic mass is 10.0. The monoisotopic (exact) mass is 394 g/mol. The summed E-state index contributed by atoms with van der Waals surface area (Å²) in [7, 11) is 0. The minimum absolute atomic E-state index is 0.138. The summed E-state index contributed by atoms with van der Waals surface area (Å²) in [5.74, 6) is 1.04. The minimum Gasteiger partial charge on any atom is -0.337 e. The second-order valence-electron chi connectivity index (χ2n) is 6.69. The molecule has 1 aliphatic heterocycles. The van der Waals surface area contributed by atoms with Crippen LogP contribution in [0.5, 0.6) is 0 Å². The van der Waals surface area contributed by atoms with Crippen molar-refractivity contribution in [2.24, 2.45) is 0 Å². The Bertz CT molecular complexity index is 927. The lowest BCUT2D eigenvalue weighted by Crippen LogP contribution is -2.41. The molecule has 0 unspecified atom stereocenters. The molecule has 0 aliphatic carbocycles. The van der Waals surface area contributed by atoms with Crippen LogP contribution >= 0.6 is 11.8 Å². The number of amides is 2. The molecule has 2 aromatic carbocycles. The molecule has 28 heavy (non-hydrogen) atoms. The maximum absolute atomic E-state index is 12.9. The number of urea groups is 1. The number of nitrogens with one attached hydrogen (secondary N) is 1. The number of anilines is 1. The molecular weight excluding hydrogens is 372 g/mol. The summed E-state index contributed by atoms with van der Waals surface area (Å²) in [6, 6.07) is 17.2. The van der Waals surface area contributed by atoms with E-state index in [0.29, 0.717) is 18.3 Å². The van der Waals surface area contributed by atoms with Gasteiger partial charge < -0.3 is 14.7 Å². The van der Waals surface area contributed by atoms with Gasteiger partial charge in [0.2, 0.25) is 11.7 Å². The van der Waals surface area contributed by atoms with Crippen LogP contribution in [0.25, 0.3) is 11.4 Å². The van der Waals surface area contributed by atoms with Crippen molar-refractivity contribution in [3.8, 4) is 11.4 Å². The van der Waals surface area contributed by atoms with E-state index < -0.39 is 0 Å². The molecule has 1 atom stereocenters. The number of carbonyl (C=O) groups is 1. The Morgan fingerprint density at radius 2 is 1.93 bits per heavy atom. The number of carbonyl (C=O) groups excluding carboxylic acids is 1. The molecule has 1 aliphatic rings. The number of piperidine rings is 1. The Hall–Kier alpha value is -2.80. The van der Waals surface area contributed by atoms with Crippen molar-refractivity contribution in [2.45, 2.75) is 30.2 Å². The number of benzene rings is 2. The van der Waals surface area contributed by atoms with Crippen LogP contribution in [0, 0.1) is 0 Å². The molecular formula is C21H22N4O2S. The van der Waals surface area contributed by atoms with Crippen LogP contribution < -0.4 is 5.32 Å². The van der Waals surface area contributed by atoms with E-state index >= 15 is 0 Å². The summed E-state index contributed by atoms with van der Waals surface area (Å²) < 4.78 is 5.53. The van der Waals surface area contributed by atoms with E-state index in [1.807, 2.05) is 60.9 Å². The molecule has 1 aromatic heterocycles. The molecule has 6 nitrogen and oxygen atoms in total. The first-order valence-corrected chi connectivity index (χ1v) is 10.6. The molecule has 1 N–H and O–H groups in total. The van der Waals surface area contributed by atoms with E-state index in [-0.39, 0.29) is 12.1 Å². The molecule has 3 aromatic rings. The summed E-state index contributed by atoms with van der Waals surface area (Å²) >= 11 is 1.67. The quantitative estimate of drug-likeness (QED) is 0.615. The molecule has 2 heterocycles. The summed E-state index contributed by atoms with van der Waals surface area (Å²) in [6.07, 6.45) is 4.84. The van der Waals surface area contributed by atoms with E-state index in [2.05, 4.69) is 15.5 Å². The predicted octanol–water partition coefficient (Wildman–Crippen LogP) is 5.22. The Morgan fingerprint density at radius 3 is 2.68 bits per heavy atom. The van der Waals surface area contributed by atoms with Crippen LogP contribution in [0.15, 0.2) is 64.0 Å². The Balaban J connectivity index is 1.51. The van der Waals surface area contributed by atoms with Crippen molar-refractivity contribution < 1.29 is 9.32 Å². The summed E-state index contributed by atoms with van der Waals surface area (Å²) in [5.41, 5.74) is 1.68. The van der Waals surface area contributed by atoms with Gasteiger partial charge in [-0.15, -0.1) is 11.8 Å². The number of thioether (sulfide) groups is 1. The molecule has 2 amide bonds. The summed E-state index contributed by atoms with van der Waals surface area (Å²) in [5, 5.41) is 7.10. The zero-order valence-electron chi connectivity index (χ0n) is 15.7. The van der Waals surface area contributed by atoms with Crippen molar-refractivity contribution in [1.29, 1.82) is 0 Å². The predicted molar refractivity (Wildman–Crippen MR) is 110 cm³/mol. The highest BCUT2D eigenvalue weighted by Crippen LogP contribution is 2.31. The van der Waals surface area contributed by atoms with Gasteiger partial charge in [0.05, 0.1) is 0 Å². The number of aromatic nitrogens is 2. The molecule has 0 saturated carbocycles. The molecule has 1 saturated heterocycles. The average molecular weight is 395 g/mol. The van der Waals surface area contributed by atoms with Crippen molar-refractivity contribution in [3.05, 3.63) is 60.5 Å². The van der Waals surface area contributed by atoms with Crippen molar-refractivity contribution in [3.63, 3.8) is 0 Å². The summed E-state index contributed by atoms with van der Waals surface area (Å²) in [6.45, 7) is 0.669. The third-order valence-electron chi connectivity index (χ3n) is 4.86. The fourth-order valence-electron chi connectivity index (χ4n) is 3.38. The number of nitrogens with zero attached hydrogens (tertiary/aromatic N) is 3. The highest BCUT2D eigenvalue weighted by Gasteiger charge is 2.32. The first kappa shape index (κ1) is 18.6.